The third-order valence-corrected chi connectivity index (χ3v) is 2.13. The van der Waals surface area contributed by atoms with Crippen molar-refractivity contribution >= 4 is 11.3 Å². The Hall–Kier alpha value is -0.880. The van der Waals surface area contributed by atoms with Crippen LogP contribution in [0.1, 0.15) is 16.2 Å². The van der Waals surface area contributed by atoms with E-state index in [0.29, 0.717) is 4.88 Å². The number of rotatable bonds is 2. The first-order valence-electron chi connectivity index (χ1n) is 2.91. The second kappa shape index (κ2) is 3.49. The third kappa shape index (κ3) is 2.02. The Morgan fingerprint density at radius 3 is 2.73 bits per heavy atom. The predicted molar refractivity (Wildman–Crippen MR) is 41.5 cm³/mol. The van der Waals surface area contributed by atoms with E-state index in [1.807, 2.05) is 0 Å². The fourth-order valence-corrected chi connectivity index (χ4v) is 1.41. The Bertz CT molecular complexity index is 270. The average Bonchev–Trinajstić information content (AvgIpc) is 2.37. The first-order valence-corrected chi connectivity index (χ1v) is 3.73. The van der Waals surface area contributed by atoms with E-state index in [1.54, 1.807) is 6.07 Å². The van der Waals surface area contributed by atoms with Crippen molar-refractivity contribution in [3.8, 4) is 12.3 Å². The molecule has 0 fully saturated rings. The van der Waals surface area contributed by atoms with Crippen LogP contribution in [0, 0.1) is 18.8 Å². The third-order valence-electron chi connectivity index (χ3n) is 1.09. The van der Waals surface area contributed by atoms with Gasteiger partial charge in [0.1, 0.15) is 0 Å². The Morgan fingerprint density at radius 2 is 2.27 bits per heavy atom. The van der Waals surface area contributed by atoms with E-state index in [-0.39, 0.29) is 4.88 Å². The maximum Gasteiger partial charge on any atom is 0.272 e. The number of hydrogen-bond acceptors (Lipinski definition) is 1. The largest absolute Gasteiger partial charge is 0.272 e. The smallest absolute Gasteiger partial charge is 0.204 e. The number of terminal acetylenes is 1. The molecule has 0 spiro atoms. The van der Waals surface area contributed by atoms with Crippen molar-refractivity contribution in [2.45, 2.75) is 6.43 Å². The zero-order valence-corrected chi connectivity index (χ0v) is 6.37. The van der Waals surface area contributed by atoms with E-state index < -0.39 is 6.43 Å². The normalized spacial score (nSPS) is 10.0. The zero-order chi connectivity index (χ0) is 8.27. The van der Waals surface area contributed by atoms with E-state index in [2.05, 4.69) is 5.92 Å². The highest BCUT2D eigenvalue weighted by atomic mass is 32.1. The predicted octanol–water partition coefficient (Wildman–Crippen LogP) is 2.87. The molecule has 3 heteroatoms. The molecule has 0 unspecified atom stereocenters. The summed E-state index contributed by atoms with van der Waals surface area (Å²) in [6.45, 7) is 0. The van der Waals surface area contributed by atoms with Crippen LogP contribution in [0.25, 0.3) is 0 Å². The van der Waals surface area contributed by atoms with Gasteiger partial charge in [0.25, 0.3) is 6.43 Å². The molecule has 57 valence electrons. The summed E-state index contributed by atoms with van der Waals surface area (Å²) in [5.74, 6) is 2.28. The maximum atomic E-state index is 12.0. The van der Waals surface area contributed by atoms with Gasteiger partial charge < -0.3 is 0 Å². The van der Waals surface area contributed by atoms with Crippen molar-refractivity contribution in [2.24, 2.45) is 0 Å². The van der Waals surface area contributed by atoms with Crippen LogP contribution in [0.15, 0.2) is 12.1 Å². The maximum absolute atomic E-state index is 12.0. The molecule has 0 nitrogen and oxygen atoms in total. The Balaban J connectivity index is 2.75. The average molecular weight is 171 g/mol. The lowest BCUT2D eigenvalue weighted by Crippen LogP contribution is -1.72. The Morgan fingerprint density at radius 1 is 1.55 bits per heavy atom. The van der Waals surface area contributed by atoms with Gasteiger partial charge >= 0.3 is 0 Å². The minimum atomic E-state index is -2.39. The van der Waals surface area contributed by atoms with Crippen LogP contribution >= 0.6 is 11.3 Å². The van der Waals surface area contributed by atoms with Crippen molar-refractivity contribution in [2.75, 3.05) is 0 Å². The number of thiophene rings is 1. The SMILES string of the molecule is C#C[CH]c1ccc(C(F)F)s1. The number of alkyl halides is 2. The van der Waals surface area contributed by atoms with Crippen molar-refractivity contribution in [3.63, 3.8) is 0 Å². The van der Waals surface area contributed by atoms with Gasteiger partial charge in [-0.3, -0.25) is 0 Å². The molecule has 1 aromatic heterocycles. The molecule has 0 aromatic carbocycles. The molecule has 0 amide bonds. The van der Waals surface area contributed by atoms with Crippen molar-refractivity contribution in [3.05, 3.63) is 28.3 Å². The quantitative estimate of drug-likeness (QED) is 0.600. The van der Waals surface area contributed by atoms with Crippen molar-refractivity contribution in [1.29, 1.82) is 0 Å². The second-order valence-electron chi connectivity index (χ2n) is 1.85. The summed E-state index contributed by atoms with van der Waals surface area (Å²) in [5.41, 5.74) is 0. The molecule has 0 aliphatic rings. The van der Waals surface area contributed by atoms with Crippen LogP contribution < -0.4 is 0 Å². The van der Waals surface area contributed by atoms with Crippen LogP contribution in [0.3, 0.4) is 0 Å². The molecule has 1 aromatic rings. The van der Waals surface area contributed by atoms with Crippen LogP contribution in [-0.2, 0) is 0 Å². The topological polar surface area (TPSA) is 0 Å². The van der Waals surface area contributed by atoms with Gasteiger partial charge in [-0.15, -0.1) is 17.8 Å². The lowest BCUT2D eigenvalue weighted by atomic mass is 10.3. The molecule has 0 saturated carbocycles. The second-order valence-corrected chi connectivity index (χ2v) is 3.00. The van der Waals surface area contributed by atoms with Crippen LogP contribution in [0.4, 0.5) is 8.78 Å². The van der Waals surface area contributed by atoms with Gasteiger partial charge in [-0.2, -0.15) is 0 Å². The summed E-state index contributed by atoms with van der Waals surface area (Å²) < 4.78 is 23.9. The Labute approximate surface area is 67.9 Å². The van der Waals surface area contributed by atoms with Gasteiger partial charge in [0.2, 0.25) is 0 Å². The molecule has 1 radical (unpaired) electrons. The minimum absolute atomic E-state index is 0.0616. The first-order chi connectivity index (χ1) is 5.24. The van der Waals surface area contributed by atoms with Crippen LogP contribution in [0.2, 0.25) is 0 Å². The summed E-state index contributed by atoms with van der Waals surface area (Å²) in [4.78, 5) is 0.759. The fourth-order valence-electron chi connectivity index (χ4n) is 0.645. The zero-order valence-electron chi connectivity index (χ0n) is 5.55. The molecule has 0 aliphatic heterocycles. The van der Waals surface area contributed by atoms with Gasteiger partial charge in [0, 0.05) is 4.88 Å². The number of halogens is 2. The molecular weight excluding hydrogens is 166 g/mol. The summed E-state index contributed by atoms with van der Waals surface area (Å²) in [6.07, 6.45) is 4.04. The molecule has 1 heterocycles. The van der Waals surface area contributed by atoms with Crippen molar-refractivity contribution < 1.29 is 8.78 Å². The van der Waals surface area contributed by atoms with Gasteiger partial charge in [-0.25, -0.2) is 8.78 Å². The highest BCUT2D eigenvalue weighted by molar-refractivity contribution is 7.12. The lowest BCUT2D eigenvalue weighted by molar-refractivity contribution is 0.155. The molecule has 11 heavy (non-hydrogen) atoms. The van der Waals surface area contributed by atoms with Gasteiger partial charge in [-0.05, 0) is 12.1 Å². The standard InChI is InChI=1S/C8H5F2S/c1-2-3-6-4-5-7(11-6)8(9)10/h1,3-5,8H. The molecular formula is C8H5F2S. The van der Waals surface area contributed by atoms with Gasteiger partial charge in [-0.1, -0.05) is 5.92 Å². The lowest BCUT2D eigenvalue weighted by Gasteiger charge is -1.89. The van der Waals surface area contributed by atoms with E-state index in [4.69, 9.17) is 6.42 Å². The van der Waals surface area contributed by atoms with E-state index in [0.717, 1.165) is 11.3 Å². The van der Waals surface area contributed by atoms with Gasteiger partial charge in [0.05, 0.1) is 11.3 Å². The van der Waals surface area contributed by atoms with Gasteiger partial charge in [0.15, 0.2) is 0 Å². The summed E-state index contributed by atoms with van der Waals surface area (Å²) in [7, 11) is 0. The molecule has 0 aliphatic carbocycles. The fraction of sp³-hybridized carbons (Fsp3) is 0.125. The highest BCUT2D eigenvalue weighted by Crippen LogP contribution is 2.27. The van der Waals surface area contributed by atoms with Crippen molar-refractivity contribution in [1.82, 2.24) is 0 Å². The van der Waals surface area contributed by atoms with E-state index >= 15 is 0 Å². The molecule has 0 bridgehead atoms. The monoisotopic (exact) mass is 171 g/mol. The molecule has 0 saturated heterocycles. The molecule has 1 rings (SSSR count). The highest BCUT2D eigenvalue weighted by Gasteiger charge is 2.09. The van der Waals surface area contributed by atoms with Crippen LogP contribution in [0.5, 0.6) is 0 Å². The summed E-state index contributed by atoms with van der Waals surface area (Å²) in [5, 5.41) is 0. The Kier molecular flexibility index (Phi) is 2.61. The van der Waals surface area contributed by atoms with E-state index in [9.17, 15) is 8.78 Å². The van der Waals surface area contributed by atoms with Crippen LogP contribution in [-0.4, -0.2) is 0 Å². The summed E-state index contributed by atoms with van der Waals surface area (Å²) in [6, 6.07) is 2.98. The minimum Gasteiger partial charge on any atom is -0.204 e. The molecule has 0 N–H and O–H groups in total. The summed E-state index contributed by atoms with van der Waals surface area (Å²) >= 11 is 1.02. The number of hydrogen-bond donors (Lipinski definition) is 0. The first kappa shape index (κ1) is 8.22. The van der Waals surface area contributed by atoms with E-state index in [1.165, 1.54) is 12.5 Å². The molecule has 0 atom stereocenters.